The first-order chi connectivity index (χ1) is 14.5. The van der Waals surface area contributed by atoms with Crippen molar-refractivity contribution in [2.45, 2.75) is 46.0 Å². The molecule has 0 aromatic heterocycles. The van der Waals surface area contributed by atoms with Crippen molar-refractivity contribution in [2.75, 3.05) is 6.61 Å². The van der Waals surface area contributed by atoms with Crippen molar-refractivity contribution in [3.8, 4) is 0 Å². The summed E-state index contributed by atoms with van der Waals surface area (Å²) < 4.78 is 20.4. The van der Waals surface area contributed by atoms with Crippen molar-refractivity contribution >= 4 is 35.4 Å². The summed E-state index contributed by atoms with van der Waals surface area (Å²) in [6, 6.07) is 7.95. The summed E-state index contributed by atoms with van der Waals surface area (Å²) in [6.07, 6.45) is -3.29. The van der Waals surface area contributed by atoms with E-state index in [9.17, 15) is 29.1 Å². The van der Waals surface area contributed by atoms with Crippen molar-refractivity contribution < 1.29 is 48.0 Å². The Labute approximate surface area is 178 Å². The van der Waals surface area contributed by atoms with E-state index in [1.807, 2.05) is 0 Å². The largest absolute Gasteiger partial charge is 0.478 e. The van der Waals surface area contributed by atoms with Crippen molar-refractivity contribution in [3.63, 3.8) is 0 Å². The summed E-state index contributed by atoms with van der Waals surface area (Å²) >= 11 is 0. The predicted octanol–water partition coefficient (Wildman–Crippen LogP) is 1.51. The molecule has 0 saturated heterocycles. The van der Waals surface area contributed by atoms with E-state index >= 15 is 0 Å². The number of carboxylic acid groups (broad SMARTS) is 1. The molecule has 1 rings (SSSR count). The molecule has 0 unspecified atom stereocenters. The summed E-state index contributed by atoms with van der Waals surface area (Å²) in [5.74, 6) is -4.47. The molecule has 0 amide bonds. The zero-order valence-corrected chi connectivity index (χ0v) is 17.5. The summed E-state index contributed by atoms with van der Waals surface area (Å²) in [5, 5.41) is 9.66. The van der Waals surface area contributed by atoms with Gasteiger partial charge in [0, 0.05) is 27.7 Å². The van der Waals surface area contributed by atoms with Gasteiger partial charge in [0.1, 0.15) is 6.61 Å². The van der Waals surface area contributed by atoms with Gasteiger partial charge in [-0.25, -0.2) is 4.79 Å². The molecule has 0 radical (unpaired) electrons. The van der Waals surface area contributed by atoms with Crippen molar-refractivity contribution in [1.82, 2.24) is 0 Å². The van der Waals surface area contributed by atoms with Gasteiger partial charge in [0.15, 0.2) is 18.3 Å². The molecule has 1 aromatic carbocycles. The van der Waals surface area contributed by atoms with Crippen LogP contribution in [-0.2, 0) is 42.9 Å². The third kappa shape index (κ3) is 9.11. The first-order valence-corrected chi connectivity index (χ1v) is 9.16. The molecule has 0 heterocycles. The molecule has 0 aliphatic carbocycles. The van der Waals surface area contributed by atoms with Crippen LogP contribution in [0.15, 0.2) is 36.4 Å². The van der Waals surface area contributed by atoms with E-state index in [0.717, 1.165) is 33.8 Å². The fourth-order valence-corrected chi connectivity index (χ4v) is 2.62. The molecule has 0 aliphatic rings. The Balaban J connectivity index is 3.53. The van der Waals surface area contributed by atoms with Crippen LogP contribution < -0.4 is 0 Å². The monoisotopic (exact) mass is 436 g/mol. The minimum Gasteiger partial charge on any atom is -0.478 e. The second kappa shape index (κ2) is 12.1. The summed E-state index contributed by atoms with van der Waals surface area (Å²) in [7, 11) is 0. The van der Waals surface area contributed by atoms with Gasteiger partial charge in [0.25, 0.3) is 0 Å². The van der Waals surface area contributed by atoms with Gasteiger partial charge in [0.2, 0.25) is 0 Å². The van der Waals surface area contributed by atoms with Crippen LogP contribution >= 0.6 is 0 Å². The Morgan fingerprint density at radius 1 is 0.839 bits per heavy atom. The number of carbonyl (C=O) groups is 5. The average Bonchev–Trinajstić information content (AvgIpc) is 2.66. The van der Waals surface area contributed by atoms with Crippen LogP contribution in [0.4, 0.5) is 0 Å². The zero-order chi connectivity index (χ0) is 23.6. The van der Waals surface area contributed by atoms with Crippen LogP contribution in [-0.4, -0.2) is 59.9 Å². The SMILES string of the molecule is CC(=O)OC[C@H](OC(C)=O)[C@@H](OC(C)=O)[C@H](/C=C(/C(=O)O)c1ccccc1)OC(C)=O. The maximum Gasteiger partial charge on any atom is 0.336 e. The first-order valence-electron chi connectivity index (χ1n) is 9.16. The molecule has 10 heteroatoms. The highest BCUT2D eigenvalue weighted by Crippen LogP contribution is 2.22. The van der Waals surface area contributed by atoms with Gasteiger partial charge in [-0.3, -0.25) is 19.2 Å². The number of aliphatic carboxylic acids is 1. The lowest BCUT2D eigenvalue weighted by molar-refractivity contribution is -0.185. The van der Waals surface area contributed by atoms with Crippen LogP contribution in [0.25, 0.3) is 5.57 Å². The summed E-state index contributed by atoms with van der Waals surface area (Å²) in [4.78, 5) is 58.1. The number of hydrogen-bond donors (Lipinski definition) is 1. The summed E-state index contributed by atoms with van der Waals surface area (Å²) in [6.45, 7) is 3.81. The van der Waals surface area contributed by atoms with Gasteiger partial charge in [-0.1, -0.05) is 30.3 Å². The molecule has 0 saturated carbocycles. The maximum absolute atomic E-state index is 11.9. The lowest BCUT2D eigenvalue weighted by Gasteiger charge is -2.30. The molecular weight excluding hydrogens is 412 g/mol. The molecule has 31 heavy (non-hydrogen) atoms. The van der Waals surface area contributed by atoms with Crippen molar-refractivity contribution in [3.05, 3.63) is 42.0 Å². The van der Waals surface area contributed by atoms with Gasteiger partial charge in [0.05, 0.1) is 5.57 Å². The second-order valence-corrected chi connectivity index (χ2v) is 6.35. The molecule has 1 aromatic rings. The molecule has 168 valence electrons. The highest BCUT2D eigenvalue weighted by molar-refractivity contribution is 6.15. The minimum atomic E-state index is -1.50. The van der Waals surface area contributed by atoms with E-state index in [0.29, 0.717) is 0 Å². The Bertz CT molecular complexity index is 843. The third-order valence-electron chi connectivity index (χ3n) is 3.71. The van der Waals surface area contributed by atoms with Crippen LogP contribution in [0, 0.1) is 0 Å². The van der Waals surface area contributed by atoms with Gasteiger partial charge in [-0.15, -0.1) is 0 Å². The molecule has 10 nitrogen and oxygen atoms in total. The number of hydrogen-bond acceptors (Lipinski definition) is 9. The quantitative estimate of drug-likeness (QED) is 0.326. The van der Waals surface area contributed by atoms with Crippen LogP contribution in [0.2, 0.25) is 0 Å². The number of rotatable bonds is 10. The minimum absolute atomic E-state index is 0.252. The fraction of sp³-hybridized carbons (Fsp3) is 0.381. The maximum atomic E-state index is 11.9. The number of esters is 4. The highest BCUT2D eigenvalue weighted by atomic mass is 16.6. The van der Waals surface area contributed by atoms with Gasteiger partial charge in [-0.05, 0) is 11.6 Å². The van der Waals surface area contributed by atoms with Crippen LogP contribution in [0.1, 0.15) is 33.3 Å². The average molecular weight is 436 g/mol. The van der Waals surface area contributed by atoms with E-state index in [1.165, 1.54) is 12.1 Å². The van der Waals surface area contributed by atoms with Gasteiger partial charge in [-0.2, -0.15) is 0 Å². The van der Waals surface area contributed by atoms with E-state index in [2.05, 4.69) is 0 Å². The zero-order valence-electron chi connectivity index (χ0n) is 17.5. The lowest BCUT2D eigenvalue weighted by Crippen LogP contribution is -2.47. The highest BCUT2D eigenvalue weighted by Gasteiger charge is 2.37. The molecule has 0 fully saturated rings. The van der Waals surface area contributed by atoms with Crippen molar-refractivity contribution in [1.29, 1.82) is 0 Å². The normalized spacial score (nSPS) is 13.9. The summed E-state index contributed by atoms with van der Waals surface area (Å²) in [5.41, 5.74) is 0.0378. The molecule has 0 bridgehead atoms. The number of ether oxygens (including phenoxy) is 4. The van der Waals surface area contributed by atoms with Gasteiger partial charge < -0.3 is 24.1 Å². The smallest absolute Gasteiger partial charge is 0.336 e. The van der Waals surface area contributed by atoms with Crippen LogP contribution in [0.5, 0.6) is 0 Å². The molecule has 0 aliphatic heterocycles. The topological polar surface area (TPSA) is 142 Å². The van der Waals surface area contributed by atoms with E-state index in [-0.39, 0.29) is 11.1 Å². The van der Waals surface area contributed by atoms with Crippen LogP contribution in [0.3, 0.4) is 0 Å². The van der Waals surface area contributed by atoms with E-state index in [4.69, 9.17) is 18.9 Å². The molecular formula is C21H24O10. The van der Waals surface area contributed by atoms with Crippen molar-refractivity contribution in [2.24, 2.45) is 0 Å². The molecule has 1 N–H and O–H groups in total. The first kappa shape index (κ1) is 25.3. The third-order valence-corrected chi connectivity index (χ3v) is 3.71. The number of benzene rings is 1. The predicted molar refractivity (Wildman–Crippen MR) is 105 cm³/mol. The molecule has 3 atom stereocenters. The van der Waals surface area contributed by atoms with Gasteiger partial charge >= 0.3 is 29.8 Å². The second-order valence-electron chi connectivity index (χ2n) is 6.35. The Morgan fingerprint density at radius 3 is 1.84 bits per heavy atom. The lowest BCUT2D eigenvalue weighted by atomic mass is 10.00. The number of carbonyl (C=O) groups excluding carboxylic acids is 4. The van der Waals surface area contributed by atoms with E-state index in [1.54, 1.807) is 18.2 Å². The fourth-order valence-electron chi connectivity index (χ4n) is 2.62. The number of carboxylic acids is 1. The standard InChI is InChI=1S/C21H24O10/c1-12(22)28-11-19(30-14(3)24)20(31-15(4)25)18(29-13(2)23)10-17(21(26)27)16-8-6-5-7-9-16/h5-10,18-20H,11H2,1-4H3,(H,26,27)/b17-10+/t18-,19-,20-/m0/s1. The Morgan fingerprint density at radius 2 is 1.39 bits per heavy atom. The Hall–Kier alpha value is -3.69. The Kier molecular flexibility index (Phi) is 9.90. The van der Waals surface area contributed by atoms with E-state index < -0.39 is 54.8 Å². The molecule has 0 spiro atoms.